The van der Waals surface area contributed by atoms with Crippen LogP contribution in [0.3, 0.4) is 0 Å². The van der Waals surface area contributed by atoms with Crippen molar-refractivity contribution in [3.63, 3.8) is 0 Å². The van der Waals surface area contributed by atoms with Crippen LogP contribution in [0.15, 0.2) is 54.6 Å². The van der Waals surface area contributed by atoms with E-state index in [4.69, 9.17) is 4.74 Å². The van der Waals surface area contributed by atoms with E-state index in [2.05, 4.69) is 10.6 Å². The largest absolute Gasteiger partial charge is 0.467 e. The van der Waals surface area contributed by atoms with E-state index in [9.17, 15) is 18.8 Å². The summed E-state index contributed by atoms with van der Waals surface area (Å²) in [6.45, 7) is 1.27. The van der Waals surface area contributed by atoms with E-state index in [1.165, 1.54) is 20.1 Å². The van der Waals surface area contributed by atoms with Crippen LogP contribution in [0.5, 0.6) is 0 Å². The lowest BCUT2D eigenvalue weighted by Gasteiger charge is -2.22. The fourth-order valence-electron chi connectivity index (χ4n) is 2.96. The Morgan fingerprint density at radius 2 is 1.62 bits per heavy atom. The van der Waals surface area contributed by atoms with Gasteiger partial charge >= 0.3 is 5.97 Å². The quantitative estimate of drug-likeness (QED) is 0.632. The average molecular weight is 400 g/mol. The molecule has 2 atom stereocenters. The van der Waals surface area contributed by atoms with E-state index < -0.39 is 35.7 Å². The Balaban J connectivity index is 2.10. The number of rotatable bonds is 9. The lowest BCUT2D eigenvalue weighted by atomic mass is 10.0. The van der Waals surface area contributed by atoms with E-state index in [0.29, 0.717) is 18.4 Å². The molecule has 0 aliphatic carbocycles. The molecule has 0 aliphatic rings. The van der Waals surface area contributed by atoms with Gasteiger partial charge in [-0.2, -0.15) is 0 Å². The van der Waals surface area contributed by atoms with Gasteiger partial charge in [-0.3, -0.25) is 9.59 Å². The summed E-state index contributed by atoms with van der Waals surface area (Å²) >= 11 is 0. The van der Waals surface area contributed by atoms with Gasteiger partial charge < -0.3 is 15.4 Å². The molecule has 0 bridgehead atoms. The van der Waals surface area contributed by atoms with Crippen molar-refractivity contribution in [2.45, 2.75) is 38.3 Å². The zero-order valence-corrected chi connectivity index (χ0v) is 16.5. The highest BCUT2D eigenvalue weighted by Crippen LogP contribution is 2.11. The molecule has 0 heterocycles. The molecule has 6 nitrogen and oxygen atoms in total. The molecular weight excluding hydrogens is 375 g/mol. The first-order valence-electron chi connectivity index (χ1n) is 9.33. The lowest BCUT2D eigenvalue weighted by molar-refractivity contribution is -0.145. The predicted octanol–water partition coefficient (Wildman–Crippen LogP) is 2.16. The minimum atomic E-state index is -1.02. The van der Waals surface area contributed by atoms with E-state index in [1.54, 1.807) is 18.2 Å². The Bertz CT molecular complexity index is 842. The van der Waals surface area contributed by atoms with Crippen LogP contribution in [0.2, 0.25) is 0 Å². The first-order valence-corrected chi connectivity index (χ1v) is 9.33. The molecule has 0 unspecified atom stereocenters. The van der Waals surface area contributed by atoms with Gasteiger partial charge in [-0.05, 0) is 30.0 Å². The maximum Gasteiger partial charge on any atom is 0.328 e. The second kappa shape index (κ2) is 10.9. The van der Waals surface area contributed by atoms with Crippen molar-refractivity contribution in [1.29, 1.82) is 0 Å². The minimum absolute atomic E-state index is 0.0370. The van der Waals surface area contributed by atoms with Gasteiger partial charge in [-0.25, -0.2) is 9.18 Å². The fourth-order valence-corrected chi connectivity index (χ4v) is 2.96. The van der Waals surface area contributed by atoms with Gasteiger partial charge in [-0.15, -0.1) is 0 Å². The molecule has 0 saturated carbocycles. The first kappa shape index (κ1) is 22.1. The van der Waals surface area contributed by atoms with Crippen LogP contribution in [-0.2, 0) is 32.0 Å². The summed E-state index contributed by atoms with van der Waals surface area (Å²) in [4.78, 5) is 36.5. The smallest absolute Gasteiger partial charge is 0.328 e. The number of benzene rings is 2. The molecule has 2 aromatic carbocycles. The van der Waals surface area contributed by atoms with Crippen molar-refractivity contribution in [2.75, 3.05) is 7.11 Å². The molecule has 0 saturated heterocycles. The normalized spacial score (nSPS) is 12.5. The molecule has 2 rings (SSSR count). The molecule has 29 heavy (non-hydrogen) atoms. The van der Waals surface area contributed by atoms with Gasteiger partial charge in [0.1, 0.15) is 17.9 Å². The number of amides is 2. The molecule has 7 heteroatoms. The van der Waals surface area contributed by atoms with Crippen LogP contribution in [0, 0.1) is 5.82 Å². The van der Waals surface area contributed by atoms with E-state index in [-0.39, 0.29) is 6.42 Å². The van der Waals surface area contributed by atoms with Crippen LogP contribution in [0.1, 0.15) is 24.5 Å². The predicted molar refractivity (Wildman–Crippen MR) is 106 cm³/mol. The lowest BCUT2D eigenvalue weighted by Crippen LogP contribution is -2.52. The maximum atomic E-state index is 14.0. The molecule has 0 radical (unpaired) electrons. The summed E-state index contributed by atoms with van der Waals surface area (Å²) in [5.74, 6) is -2.06. The highest BCUT2D eigenvalue weighted by atomic mass is 19.1. The number of halogens is 1. The number of esters is 1. The third kappa shape index (κ3) is 7.03. The third-order valence-corrected chi connectivity index (χ3v) is 4.44. The molecule has 0 aromatic heterocycles. The Hall–Kier alpha value is -3.22. The van der Waals surface area contributed by atoms with Gasteiger partial charge in [0, 0.05) is 13.3 Å². The zero-order chi connectivity index (χ0) is 21.2. The molecule has 154 valence electrons. The number of nitrogens with one attached hydrogen (secondary N) is 2. The highest BCUT2D eigenvalue weighted by Gasteiger charge is 2.27. The first-order chi connectivity index (χ1) is 13.9. The van der Waals surface area contributed by atoms with Crippen molar-refractivity contribution in [3.05, 3.63) is 71.5 Å². The van der Waals surface area contributed by atoms with E-state index in [0.717, 1.165) is 5.56 Å². The molecular formula is C22H25FN2O4. The number of aryl methyl sites for hydroxylation is 1. The van der Waals surface area contributed by atoms with Gasteiger partial charge in [-0.1, -0.05) is 48.5 Å². The molecule has 2 amide bonds. The maximum absolute atomic E-state index is 14.0. The van der Waals surface area contributed by atoms with Crippen LogP contribution in [-0.4, -0.2) is 37.0 Å². The second-order valence-electron chi connectivity index (χ2n) is 6.66. The topological polar surface area (TPSA) is 84.5 Å². The Morgan fingerprint density at radius 1 is 0.966 bits per heavy atom. The van der Waals surface area contributed by atoms with E-state index >= 15 is 0 Å². The number of ether oxygens (including phenoxy) is 1. The summed E-state index contributed by atoms with van der Waals surface area (Å²) in [5.41, 5.74) is 1.31. The monoisotopic (exact) mass is 400 g/mol. The molecule has 2 aromatic rings. The standard InChI is InChI=1S/C22H25FN2O4/c1-15(26)24-20(14-17-10-6-7-11-18(17)23)21(27)25-19(22(28)29-2)13-12-16-8-4-3-5-9-16/h3-11,19-20H,12-14H2,1-2H3,(H,24,26)(H,25,27)/t19-,20-/m0/s1. The van der Waals surface area contributed by atoms with Crippen LogP contribution >= 0.6 is 0 Å². The van der Waals surface area contributed by atoms with Crippen LogP contribution < -0.4 is 10.6 Å². The van der Waals surface area contributed by atoms with Crippen molar-refractivity contribution in [3.8, 4) is 0 Å². The number of methoxy groups -OCH3 is 1. The number of carbonyl (C=O) groups is 3. The van der Waals surface area contributed by atoms with Gasteiger partial charge in [0.2, 0.25) is 11.8 Å². The molecule has 2 N–H and O–H groups in total. The molecule has 0 aliphatic heterocycles. The van der Waals surface area contributed by atoms with Gasteiger partial charge in [0.05, 0.1) is 7.11 Å². The fraction of sp³-hybridized carbons (Fsp3) is 0.318. The number of hydrogen-bond donors (Lipinski definition) is 2. The van der Waals surface area contributed by atoms with Crippen molar-refractivity contribution < 1.29 is 23.5 Å². The van der Waals surface area contributed by atoms with Crippen molar-refractivity contribution in [1.82, 2.24) is 10.6 Å². The van der Waals surface area contributed by atoms with Crippen LogP contribution in [0.4, 0.5) is 4.39 Å². The second-order valence-corrected chi connectivity index (χ2v) is 6.66. The Morgan fingerprint density at radius 3 is 2.24 bits per heavy atom. The zero-order valence-electron chi connectivity index (χ0n) is 16.5. The van der Waals surface area contributed by atoms with Crippen LogP contribution in [0.25, 0.3) is 0 Å². The number of carbonyl (C=O) groups excluding carboxylic acids is 3. The Kier molecular flexibility index (Phi) is 8.33. The van der Waals surface area contributed by atoms with Crippen molar-refractivity contribution in [2.24, 2.45) is 0 Å². The summed E-state index contributed by atoms with van der Waals surface area (Å²) < 4.78 is 18.8. The summed E-state index contributed by atoms with van der Waals surface area (Å²) in [6, 6.07) is 13.6. The third-order valence-electron chi connectivity index (χ3n) is 4.44. The Labute approximate surface area is 169 Å². The van der Waals surface area contributed by atoms with Gasteiger partial charge in [0.25, 0.3) is 0 Å². The highest BCUT2D eigenvalue weighted by molar-refractivity contribution is 5.90. The summed E-state index contributed by atoms with van der Waals surface area (Å²) in [7, 11) is 1.24. The summed E-state index contributed by atoms with van der Waals surface area (Å²) in [6.07, 6.45) is 0.846. The average Bonchev–Trinajstić information content (AvgIpc) is 2.71. The summed E-state index contributed by atoms with van der Waals surface area (Å²) in [5, 5.41) is 5.15. The minimum Gasteiger partial charge on any atom is -0.467 e. The molecule has 0 fully saturated rings. The molecule has 0 spiro atoms. The van der Waals surface area contributed by atoms with Gasteiger partial charge in [0.15, 0.2) is 0 Å². The SMILES string of the molecule is COC(=O)[C@H](CCc1ccccc1)NC(=O)[C@H](Cc1ccccc1F)NC(C)=O. The number of hydrogen-bond acceptors (Lipinski definition) is 4. The van der Waals surface area contributed by atoms with Crippen molar-refractivity contribution >= 4 is 17.8 Å². The van der Waals surface area contributed by atoms with E-state index in [1.807, 2.05) is 30.3 Å².